The van der Waals surface area contributed by atoms with E-state index >= 15 is 0 Å². The predicted octanol–water partition coefficient (Wildman–Crippen LogP) is 4.64. The zero-order chi connectivity index (χ0) is 36.3. The molecule has 0 aromatic heterocycles. The van der Waals surface area contributed by atoms with Gasteiger partial charge in [-0.15, -0.1) is 0 Å². The summed E-state index contributed by atoms with van der Waals surface area (Å²) >= 11 is 5.63. The molecule has 0 radical (unpaired) electrons. The van der Waals surface area contributed by atoms with Crippen molar-refractivity contribution in [3.8, 4) is 0 Å². The molecule has 2 heterocycles. The van der Waals surface area contributed by atoms with Gasteiger partial charge in [0.2, 0.25) is 17.7 Å². The maximum Gasteiger partial charge on any atom is 0.246 e. The Morgan fingerprint density at radius 2 is 1.31 bits per heavy atom. The van der Waals surface area contributed by atoms with Crippen LogP contribution in [0.2, 0.25) is 0 Å². The monoisotopic (exact) mass is 716 g/mol. The normalized spacial score (nSPS) is 20.3. The molecule has 270 valence electrons. The molecule has 2 aliphatic heterocycles. The number of thiocarbonyl (C=S) groups is 1. The van der Waals surface area contributed by atoms with Gasteiger partial charge >= 0.3 is 0 Å². The molecule has 10 heteroatoms. The van der Waals surface area contributed by atoms with Gasteiger partial charge in [0.15, 0.2) is 5.11 Å². The Morgan fingerprint density at radius 3 is 1.90 bits per heavy atom. The van der Waals surface area contributed by atoms with Gasteiger partial charge in [-0.05, 0) is 73.6 Å². The second-order valence-corrected chi connectivity index (χ2v) is 14.1. The molecular weight excluding hydrogens is 669 g/mol. The first-order chi connectivity index (χ1) is 25.4. The highest BCUT2D eigenvalue weighted by Gasteiger charge is 2.48. The highest BCUT2D eigenvalue weighted by Crippen LogP contribution is 2.35. The Morgan fingerprint density at radius 1 is 0.750 bits per heavy atom. The number of hydrogen-bond donors (Lipinski definition) is 5. The second-order valence-electron chi connectivity index (χ2n) is 13.7. The fourth-order valence-corrected chi connectivity index (χ4v) is 7.63. The van der Waals surface area contributed by atoms with Crippen molar-refractivity contribution < 1.29 is 14.4 Å². The van der Waals surface area contributed by atoms with Crippen LogP contribution in [0.5, 0.6) is 0 Å². The van der Waals surface area contributed by atoms with Gasteiger partial charge in [0.05, 0.1) is 12.1 Å². The molecule has 2 saturated heterocycles. The van der Waals surface area contributed by atoms with Crippen LogP contribution in [0, 0.1) is 5.92 Å². The van der Waals surface area contributed by atoms with Gasteiger partial charge in [0.25, 0.3) is 0 Å². The van der Waals surface area contributed by atoms with Gasteiger partial charge in [-0.1, -0.05) is 121 Å². The third kappa shape index (κ3) is 9.23. The summed E-state index contributed by atoms with van der Waals surface area (Å²) in [7, 11) is 1.75. The third-order valence-electron chi connectivity index (χ3n) is 10.3. The molecule has 2 aliphatic rings. The van der Waals surface area contributed by atoms with Gasteiger partial charge in [-0.2, -0.15) is 0 Å². The Kier molecular flexibility index (Phi) is 12.7. The van der Waals surface area contributed by atoms with Gasteiger partial charge in [-0.25, -0.2) is 0 Å². The second kappa shape index (κ2) is 17.9. The summed E-state index contributed by atoms with van der Waals surface area (Å²) in [6, 6.07) is 37.0. The SMILES string of the molecule is CNC(Cc1ccccc1)C(=O)NC1C(=O)N2[C@@H](CCC1CNC(=S)NCc1ccccc1)CC[C@H]2C(=O)NC(c1ccccc1)c1ccccc1. The quantitative estimate of drug-likeness (QED) is 0.128. The molecular formula is C42H48N6O3S. The van der Waals surface area contributed by atoms with E-state index in [4.69, 9.17) is 12.2 Å². The van der Waals surface area contributed by atoms with E-state index < -0.39 is 18.1 Å². The maximum absolute atomic E-state index is 14.8. The number of likely N-dealkylation sites (N-methyl/N-ethyl adjacent to an activating group) is 1. The minimum Gasteiger partial charge on any atom is -0.362 e. The first-order valence-corrected chi connectivity index (χ1v) is 18.6. The van der Waals surface area contributed by atoms with E-state index in [0.717, 1.165) is 35.1 Å². The van der Waals surface area contributed by atoms with Crippen molar-refractivity contribution >= 4 is 35.1 Å². The van der Waals surface area contributed by atoms with E-state index in [9.17, 15) is 14.4 Å². The molecule has 0 aliphatic carbocycles. The lowest BCUT2D eigenvalue weighted by molar-refractivity contribution is -0.143. The summed E-state index contributed by atoms with van der Waals surface area (Å²) in [5.41, 5.74) is 4.04. The lowest BCUT2D eigenvalue weighted by Gasteiger charge is -2.33. The van der Waals surface area contributed by atoms with Gasteiger partial charge < -0.3 is 31.5 Å². The summed E-state index contributed by atoms with van der Waals surface area (Å²) in [6.45, 7) is 0.959. The zero-order valence-electron chi connectivity index (χ0n) is 29.5. The van der Waals surface area contributed by atoms with Crippen molar-refractivity contribution in [2.45, 2.75) is 68.9 Å². The molecule has 4 aromatic rings. The van der Waals surface area contributed by atoms with Crippen LogP contribution < -0.4 is 26.6 Å². The molecule has 6 rings (SSSR count). The molecule has 5 atom stereocenters. The molecule has 0 bridgehead atoms. The third-order valence-corrected chi connectivity index (χ3v) is 10.6. The standard InChI is InChI=1S/C42H48N6O3S/c1-43-35(26-29-14-6-2-7-15-29)39(49)47-38-33(28-45-42(52)44-27-30-16-8-3-9-17-30)22-23-34-24-25-36(48(34)41(38)51)40(50)46-37(31-18-10-4-11-19-31)32-20-12-5-13-21-32/h2-21,33-38,43H,22-28H2,1H3,(H,46,50)(H,47,49)(H2,44,45,52)/t33?,34-,35?,36-,38?/m0/s1. The van der Waals surface area contributed by atoms with Gasteiger partial charge in [0, 0.05) is 25.0 Å². The Bertz CT molecular complexity index is 1740. The topological polar surface area (TPSA) is 115 Å². The molecule has 52 heavy (non-hydrogen) atoms. The number of hydrogen-bond acceptors (Lipinski definition) is 5. The largest absolute Gasteiger partial charge is 0.362 e. The lowest BCUT2D eigenvalue weighted by atomic mass is 9.92. The summed E-state index contributed by atoms with van der Waals surface area (Å²) in [5, 5.41) is 16.6. The molecule has 3 amide bonds. The number of carbonyl (C=O) groups is 3. The average Bonchev–Trinajstić information content (AvgIpc) is 3.57. The van der Waals surface area contributed by atoms with E-state index in [-0.39, 0.29) is 35.7 Å². The summed E-state index contributed by atoms with van der Waals surface area (Å²) in [6.07, 6.45) is 3.15. The average molecular weight is 717 g/mol. The fraction of sp³-hybridized carbons (Fsp3) is 0.333. The van der Waals surface area contributed by atoms with E-state index in [1.165, 1.54) is 0 Å². The number of carbonyl (C=O) groups excluding carboxylic acids is 3. The molecule has 9 nitrogen and oxygen atoms in total. The maximum atomic E-state index is 14.8. The van der Waals surface area contributed by atoms with Crippen molar-refractivity contribution in [3.05, 3.63) is 144 Å². The van der Waals surface area contributed by atoms with Crippen LogP contribution in [0.3, 0.4) is 0 Å². The van der Waals surface area contributed by atoms with E-state index in [0.29, 0.717) is 37.5 Å². The van der Waals surface area contributed by atoms with Crippen LogP contribution in [0.4, 0.5) is 0 Å². The number of rotatable bonds is 13. The molecule has 4 aromatic carbocycles. The Balaban J connectivity index is 1.21. The predicted molar refractivity (Wildman–Crippen MR) is 208 cm³/mol. The molecule has 0 spiro atoms. The summed E-state index contributed by atoms with van der Waals surface area (Å²) in [5.74, 6) is -0.933. The highest BCUT2D eigenvalue weighted by molar-refractivity contribution is 7.80. The van der Waals surface area contributed by atoms with Crippen LogP contribution >= 0.6 is 12.2 Å². The van der Waals surface area contributed by atoms with Crippen molar-refractivity contribution in [1.29, 1.82) is 0 Å². The molecule has 2 fully saturated rings. The highest BCUT2D eigenvalue weighted by atomic mass is 32.1. The molecule has 5 N–H and O–H groups in total. The number of fused-ring (bicyclic) bond motifs is 1. The lowest BCUT2D eigenvalue weighted by Crippen LogP contribution is -2.59. The minimum absolute atomic E-state index is 0.105. The van der Waals surface area contributed by atoms with Crippen molar-refractivity contribution in [1.82, 2.24) is 31.5 Å². The van der Waals surface area contributed by atoms with E-state index in [1.807, 2.05) is 121 Å². The molecule has 0 saturated carbocycles. The van der Waals surface area contributed by atoms with E-state index in [2.05, 4.69) is 26.6 Å². The first kappa shape index (κ1) is 36.7. The minimum atomic E-state index is -0.846. The van der Waals surface area contributed by atoms with Crippen LogP contribution in [-0.2, 0) is 27.3 Å². The summed E-state index contributed by atoms with van der Waals surface area (Å²) in [4.78, 5) is 44.7. The van der Waals surface area contributed by atoms with Crippen LogP contribution in [0.1, 0.15) is 54.0 Å². The first-order valence-electron chi connectivity index (χ1n) is 18.2. The molecule has 3 unspecified atom stereocenters. The van der Waals surface area contributed by atoms with Gasteiger partial charge in [0.1, 0.15) is 12.1 Å². The number of benzene rings is 4. The van der Waals surface area contributed by atoms with Crippen molar-refractivity contribution in [2.24, 2.45) is 5.92 Å². The number of nitrogens with zero attached hydrogens (tertiary/aromatic N) is 1. The van der Waals surface area contributed by atoms with Gasteiger partial charge in [-0.3, -0.25) is 14.4 Å². The van der Waals surface area contributed by atoms with Crippen LogP contribution in [0.15, 0.2) is 121 Å². The summed E-state index contributed by atoms with van der Waals surface area (Å²) < 4.78 is 0. The van der Waals surface area contributed by atoms with Crippen molar-refractivity contribution in [3.63, 3.8) is 0 Å². The van der Waals surface area contributed by atoms with E-state index in [1.54, 1.807) is 11.9 Å². The zero-order valence-corrected chi connectivity index (χ0v) is 30.4. The van der Waals surface area contributed by atoms with Crippen molar-refractivity contribution in [2.75, 3.05) is 13.6 Å². The smallest absolute Gasteiger partial charge is 0.246 e. The van der Waals surface area contributed by atoms with Crippen LogP contribution in [-0.4, -0.2) is 65.5 Å². The fourth-order valence-electron chi connectivity index (χ4n) is 7.47. The Hall–Kier alpha value is -5.06. The van der Waals surface area contributed by atoms with Crippen LogP contribution in [0.25, 0.3) is 0 Å². The number of amides is 3. The Labute approximate surface area is 312 Å². The number of nitrogens with one attached hydrogen (secondary N) is 5.